The third-order valence-electron chi connectivity index (χ3n) is 5.89. The number of alkyl halides is 3. The molecule has 1 heterocycles. The Kier molecular flexibility index (Phi) is 14.6. The van der Waals surface area contributed by atoms with Crippen LogP contribution in [0, 0.1) is 5.92 Å². The van der Waals surface area contributed by atoms with Gasteiger partial charge in [0, 0.05) is 5.56 Å². The quantitative estimate of drug-likeness (QED) is 0.224. The van der Waals surface area contributed by atoms with Crippen LogP contribution in [0.4, 0.5) is 18.0 Å². The van der Waals surface area contributed by atoms with Crippen molar-refractivity contribution in [1.82, 2.24) is 15.8 Å². The van der Waals surface area contributed by atoms with E-state index in [1.807, 2.05) is 0 Å². The number of amides is 3. The van der Waals surface area contributed by atoms with Gasteiger partial charge in [0.2, 0.25) is 0 Å². The Morgan fingerprint density at radius 3 is 2.19 bits per heavy atom. The highest BCUT2D eigenvalue weighted by atomic mass is 19.4. The minimum absolute atomic E-state index is 0.131. The number of carbonyl (C=O) groups is 3. The summed E-state index contributed by atoms with van der Waals surface area (Å²) in [5, 5.41) is 0. The van der Waals surface area contributed by atoms with Crippen LogP contribution in [-0.4, -0.2) is 53.9 Å². The molecule has 0 aliphatic carbocycles. The molecule has 0 radical (unpaired) electrons. The fourth-order valence-corrected chi connectivity index (χ4v) is 3.72. The number of rotatable bonds is 10. The van der Waals surface area contributed by atoms with Crippen molar-refractivity contribution >= 4 is 17.9 Å². The number of nitrogens with zero attached hydrogens (tertiary/aromatic N) is 1. The normalized spacial score (nSPS) is 16.9. The van der Waals surface area contributed by atoms with Crippen LogP contribution in [0.1, 0.15) is 110 Å². The molecule has 1 unspecified atom stereocenters. The van der Waals surface area contributed by atoms with Crippen LogP contribution in [0.25, 0.3) is 0 Å². The van der Waals surface area contributed by atoms with Crippen molar-refractivity contribution in [2.45, 2.75) is 111 Å². The summed E-state index contributed by atoms with van der Waals surface area (Å²) in [6.45, 7) is 14.8. The maximum Gasteiger partial charge on any atom is 0.419 e. The summed E-state index contributed by atoms with van der Waals surface area (Å²) >= 11 is 0. The SMILES string of the molecule is CC(C)C.CCCCCCCCOc1ccc(C(=O)NNC(=O)C2(C)COCN2C(=O)OC(C)(C)C)cc1C(F)(F)F. The molecule has 0 bridgehead atoms. The van der Waals surface area contributed by atoms with Gasteiger partial charge < -0.3 is 14.2 Å². The molecule has 0 aromatic heterocycles. The first-order valence-corrected chi connectivity index (χ1v) is 14.5. The summed E-state index contributed by atoms with van der Waals surface area (Å²) in [6.07, 6.45) is 0.245. The number of unbranched alkanes of at least 4 members (excludes halogenated alkanes) is 5. The molecule has 42 heavy (non-hydrogen) atoms. The second kappa shape index (κ2) is 16.6. The Morgan fingerprint density at radius 2 is 1.62 bits per heavy atom. The molecule has 2 rings (SSSR count). The van der Waals surface area contributed by atoms with Crippen molar-refractivity contribution in [2.24, 2.45) is 5.92 Å². The van der Waals surface area contributed by atoms with Gasteiger partial charge in [0.1, 0.15) is 23.6 Å². The summed E-state index contributed by atoms with van der Waals surface area (Å²) in [6, 6.07) is 2.94. The third kappa shape index (κ3) is 12.5. The smallest absolute Gasteiger partial charge is 0.419 e. The number of hydrogen-bond acceptors (Lipinski definition) is 6. The van der Waals surface area contributed by atoms with E-state index in [2.05, 4.69) is 38.5 Å². The average molecular weight is 604 g/mol. The molecule has 1 saturated heterocycles. The van der Waals surface area contributed by atoms with E-state index in [1.54, 1.807) is 20.8 Å². The van der Waals surface area contributed by atoms with Crippen LogP contribution in [0.5, 0.6) is 5.75 Å². The monoisotopic (exact) mass is 603 g/mol. The first-order chi connectivity index (χ1) is 19.4. The second-order valence-corrected chi connectivity index (χ2v) is 12.1. The van der Waals surface area contributed by atoms with E-state index in [0.717, 1.165) is 49.0 Å². The molecule has 1 fully saturated rings. The molecular weight excluding hydrogens is 555 g/mol. The van der Waals surface area contributed by atoms with Crippen LogP contribution in [0.15, 0.2) is 18.2 Å². The zero-order chi connectivity index (χ0) is 32.1. The molecule has 1 atom stereocenters. The molecule has 0 spiro atoms. The Bertz CT molecular complexity index is 1020. The molecule has 12 heteroatoms. The Morgan fingerprint density at radius 1 is 1.02 bits per heavy atom. The first-order valence-electron chi connectivity index (χ1n) is 14.5. The van der Waals surface area contributed by atoms with Crippen molar-refractivity contribution in [3.63, 3.8) is 0 Å². The Hall–Kier alpha value is -3.02. The van der Waals surface area contributed by atoms with Crippen molar-refractivity contribution < 1.29 is 41.8 Å². The highest BCUT2D eigenvalue weighted by Gasteiger charge is 2.48. The molecule has 2 N–H and O–H groups in total. The van der Waals surface area contributed by atoms with Gasteiger partial charge in [0.05, 0.1) is 18.8 Å². The standard InChI is InChI=1S/C26H38F3N3O6.C4H10/c1-6-7-8-9-10-11-14-37-20-13-12-18(15-19(20)26(27,28)29)21(33)30-31-22(34)25(5)16-36-17-32(25)23(35)38-24(2,3)4;1-4(2)3/h12-13,15H,6-11,14,16-17H2,1-5H3,(H,30,33)(H,31,34);4H,1-3H3. The molecule has 0 saturated carbocycles. The van der Waals surface area contributed by atoms with Crippen LogP contribution in [0.3, 0.4) is 0 Å². The van der Waals surface area contributed by atoms with E-state index in [0.29, 0.717) is 12.5 Å². The van der Waals surface area contributed by atoms with Crippen LogP contribution in [0.2, 0.25) is 0 Å². The van der Waals surface area contributed by atoms with Gasteiger partial charge in [-0.2, -0.15) is 13.2 Å². The van der Waals surface area contributed by atoms with E-state index >= 15 is 0 Å². The van der Waals surface area contributed by atoms with Gasteiger partial charge in [-0.15, -0.1) is 0 Å². The Balaban J connectivity index is 0.00000206. The van der Waals surface area contributed by atoms with Gasteiger partial charge in [-0.25, -0.2) is 4.79 Å². The molecule has 3 amide bonds. The summed E-state index contributed by atoms with van der Waals surface area (Å²) in [5.74, 6) is -1.31. The van der Waals surface area contributed by atoms with Crippen molar-refractivity contribution in [3.8, 4) is 5.75 Å². The van der Waals surface area contributed by atoms with Crippen molar-refractivity contribution in [3.05, 3.63) is 29.3 Å². The fourth-order valence-electron chi connectivity index (χ4n) is 3.72. The van der Waals surface area contributed by atoms with E-state index < -0.39 is 40.8 Å². The third-order valence-corrected chi connectivity index (χ3v) is 5.89. The second-order valence-electron chi connectivity index (χ2n) is 12.1. The average Bonchev–Trinajstić information content (AvgIpc) is 3.27. The van der Waals surface area contributed by atoms with Gasteiger partial charge in [-0.05, 0) is 58.2 Å². The van der Waals surface area contributed by atoms with Crippen molar-refractivity contribution in [1.29, 1.82) is 0 Å². The summed E-state index contributed by atoms with van der Waals surface area (Å²) in [7, 11) is 0. The predicted molar refractivity (Wildman–Crippen MR) is 154 cm³/mol. The molecule has 9 nitrogen and oxygen atoms in total. The maximum absolute atomic E-state index is 13.7. The van der Waals surface area contributed by atoms with E-state index in [1.165, 1.54) is 13.0 Å². The zero-order valence-electron chi connectivity index (χ0n) is 26.2. The van der Waals surface area contributed by atoms with Gasteiger partial charge in [-0.1, -0.05) is 59.8 Å². The lowest BCUT2D eigenvalue weighted by Crippen LogP contribution is -2.60. The number of halogens is 3. The van der Waals surface area contributed by atoms with Crippen molar-refractivity contribution in [2.75, 3.05) is 19.9 Å². The predicted octanol–water partition coefficient (Wildman–Crippen LogP) is 6.85. The highest BCUT2D eigenvalue weighted by molar-refractivity contribution is 5.97. The van der Waals surface area contributed by atoms with E-state index in [-0.39, 0.29) is 31.3 Å². The van der Waals surface area contributed by atoms with Gasteiger partial charge in [0.15, 0.2) is 0 Å². The molecule has 1 aliphatic heterocycles. The lowest BCUT2D eigenvalue weighted by atomic mass is 10.0. The van der Waals surface area contributed by atoms with Gasteiger partial charge >= 0.3 is 12.3 Å². The van der Waals surface area contributed by atoms with Gasteiger partial charge in [0.25, 0.3) is 11.8 Å². The number of hydrazine groups is 1. The highest BCUT2D eigenvalue weighted by Crippen LogP contribution is 2.37. The Labute approximate surface area is 247 Å². The molecule has 1 aromatic carbocycles. The number of nitrogens with one attached hydrogen (secondary N) is 2. The first kappa shape index (κ1) is 37.0. The number of hydrogen-bond donors (Lipinski definition) is 2. The number of carbonyl (C=O) groups excluding carboxylic acids is 3. The lowest BCUT2D eigenvalue weighted by molar-refractivity contribution is -0.139. The number of ether oxygens (including phenoxy) is 3. The minimum atomic E-state index is -4.75. The van der Waals surface area contributed by atoms with Crippen LogP contribution < -0.4 is 15.6 Å². The van der Waals surface area contributed by atoms with E-state index in [4.69, 9.17) is 14.2 Å². The van der Waals surface area contributed by atoms with Gasteiger partial charge in [-0.3, -0.25) is 25.3 Å². The summed E-state index contributed by atoms with van der Waals surface area (Å²) in [5.41, 5.74) is 0.522. The lowest BCUT2D eigenvalue weighted by Gasteiger charge is -2.33. The zero-order valence-corrected chi connectivity index (χ0v) is 26.2. The summed E-state index contributed by atoms with van der Waals surface area (Å²) in [4.78, 5) is 39.0. The molecule has 240 valence electrons. The fraction of sp³-hybridized carbons (Fsp3) is 0.700. The van der Waals surface area contributed by atoms with Crippen LogP contribution >= 0.6 is 0 Å². The molecule has 1 aliphatic rings. The van der Waals surface area contributed by atoms with E-state index in [9.17, 15) is 27.6 Å². The number of benzene rings is 1. The maximum atomic E-state index is 13.7. The largest absolute Gasteiger partial charge is 0.493 e. The molecular formula is C30H48F3N3O6. The molecule has 1 aromatic rings. The topological polar surface area (TPSA) is 106 Å². The minimum Gasteiger partial charge on any atom is -0.493 e. The summed E-state index contributed by atoms with van der Waals surface area (Å²) < 4.78 is 56.9. The van der Waals surface area contributed by atoms with Crippen LogP contribution in [-0.2, 0) is 20.4 Å².